The van der Waals surface area contributed by atoms with E-state index in [1.54, 1.807) is 38.5 Å². The van der Waals surface area contributed by atoms with Crippen molar-refractivity contribution in [2.75, 3.05) is 0 Å². The highest BCUT2D eigenvalue weighted by atomic mass is 127. The molecular weight excluding hydrogens is 235 g/mol. The fourth-order valence-corrected chi connectivity index (χ4v) is 2.50. The fraction of sp³-hybridized carbons (Fsp3) is 1.00. The molecule has 60 valence electrons. The molecule has 0 atom stereocenters. The molecule has 3 aliphatic rings. The van der Waals surface area contributed by atoms with E-state index in [9.17, 15) is 0 Å². The van der Waals surface area contributed by atoms with Gasteiger partial charge in [-0.25, -0.2) is 0 Å². The molecule has 3 rings (SSSR count). The van der Waals surface area contributed by atoms with E-state index in [1.807, 2.05) is 0 Å². The SMILES string of the molecule is C1CC2CCC(C1)CC2.I. The van der Waals surface area contributed by atoms with E-state index in [-0.39, 0.29) is 24.0 Å². The Morgan fingerprint density at radius 2 is 1.00 bits per heavy atom. The van der Waals surface area contributed by atoms with Gasteiger partial charge >= 0.3 is 0 Å². The molecular formula is C9H17I. The van der Waals surface area contributed by atoms with Gasteiger partial charge in [-0.2, -0.15) is 0 Å². The van der Waals surface area contributed by atoms with Crippen molar-refractivity contribution < 1.29 is 0 Å². The summed E-state index contributed by atoms with van der Waals surface area (Å²) in [5.74, 6) is 2.28. The maximum Gasteiger partial charge on any atom is -0.0414 e. The van der Waals surface area contributed by atoms with Crippen LogP contribution in [-0.4, -0.2) is 0 Å². The van der Waals surface area contributed by atoms with Gasteiger partial charge in [0.25, 0.3) is 0 Å². The highest BCUT2D eigenvalue weighted by Crippen LogP contribution is 2.38. The molecule has 10 heavy (non-hydrogen) atoms. The summed E-state index contributed by atoms with van der Waals surface area (Å²) in [6, 6.07) is 0. The van der Waals surface area contributed by atoms with Crippen LogP contribution in [0.3, 0.4) is 0 Å². The molecule has 0 unspecified atom stereocenters. The first-order chi connectivity index (χ1) is 4.45. The second-order valence-corrected chi connectivity index (χ2v) is 3.82. The summed E-state index contributed by atoms with van der Waals surface area (Å²) < 4.78 is 0. The molecule has 0 amide bonds. The minimum Gasteiger partial charge on any atom is -0.107 e. The molecule has 3 saturated carbocycles. The number of halogens is 1. The van der Waals surface area contributed by atoms with Gasteiger partial charge < -0.3 is 0 Å². The van der Waals surface area contributed by atoms with E-state index < -0.39 is 0 Å². The lowest BCUT2D eigenvalue weighted by atomic mass is 9.84. The second kappa shape index (κ2) is 3.93. The first kappa shape index (κ1) is 8.82. The zero-order valence-corrected chi connectivity index (χ0v) is 8.84. The first-order valence-electron chi connectivity index (χ1n) is 4.45. The average molecular weight is 252 g/mol. The van der Waals surface area contributed by atoms with Crippen LogP contribution in [0.25, 0.3) is 0 Å². The van der Waals surface area contributed by atoms with Crippen molar-refractivity contribution in [2.45, 2.75) is 44.9 Å². The van der Waals surface area contributed by atoms with E-state index in [1.165, 1.54) is 6.42 Å². The summed E-state index contributed by atoms with van der Waals surface area (Å²) in [6.07, 6.45) is 10.9. The predicted octanol–water partition coefficient (Wildman–Crippen LogP) is 3.59. The molecule has 0 aromatic rings. The van der Waals surface area contributed by atoms with Gasteiger partial charge in [0.05, 0.1) is 0 Å². The molecule has 0 aromatic heterocycles. The zero-order valence-electron chi connectivity index (χ0n) is 6.51. The van der Waals surface area contributed by atoms with Gasteiger partial charge in [0.15, 0.2) is 0 Å². The van der Waals surface area contributed by atoms with Crippen molar-refractivity contribution in [3.63, 3.8) is 0 Å². The van der Waals surface area contributed by atoms with Crippen LogP contribution in [0.5, 0.6) is 0 Å². The summed E-state index contributed by atoms with van der Waals surface area (Å²) in [5.41, 5.74) is 0. The molecule has 0 aliphatic heterocycles. The topological polar surface area (TPSA) is 0 Å². The van der Waals surface area contributed by atoms with E-state index in [2.05, 4.69) is 0 Å². The van der Waals surface area contributed by atoms with Crippen molar-refractivity contribution in [3.05, 3.63) is 0 Å². The second-order valence-electron chi connectivity index (χ2n) is 3.82. The van der Waals surface area contributed by atoms with Gasteiger partial charge in [-0.05, 0) is 11.8 Å². The zero-order chi connectivity index (χ0) is 6.10. The Labute approximate surface area is 80.8 Å². The molecule has 1 heteroatoms. The third-order valence-electron chi connectivity index (χ3n) is 3.19. The monoisotopic (exact) mass is 252 g/mol. The van der Waals surface area contributed by atoms with Crippen molar-refractivity contribution in [2.24, 2.45) is 11.8 Å². The van der Waals surface area contributed by atoms with Gasteiger partial charge in [-0.15, -0.1) is 24.0 Å². The molecule has 2 bridgehead atoms. The fourth-order valence-electron chi connectivity index (χ4n) is 2.50. The van der Waals surface area contributed by atoms with Crippen molar-refractivity contribution in [1.82, 2.24) is 0 Å². The molecule has 0 saturated heterocycles. The summed E-state index contributed by atoms with van der Waals surface area (Å²) in [5, 5.41) is 0. The minimum absolute atomic E-state index is 0. The van der Waals surface area contributed by atoms with Crippen molar-refractivity contribution in [3.8, 4) is 0 Å². The van der Waals surface area contributed by atoms with Gasteiger partial charge in [0.2, 0.25) is 0 Å². The van der Waals surface area contributed by atoms with E-state index in [4.69, 9.17) is 0 Å². The maximum atomic E-state index is 1.56. The van der Waals surface area contributed by atoms with Gasteiger partial charge in [-0.3, -0.25) is 0 Å². The molecule has 0 N–H and O–H groups in total. The van der Waals surface area contributed by atoms with Crippen LogP contribution in [0.15, 0.2) is 0 Å². The maximum absolute atomic E-state index is 1.56. The van der Waals surface area contributed by atoms with Crippen LogP contribution in [0, 0.1) is 11.8 Å². The predicted molar refractivity (Wildman–Crippen MR) is 54.7 cm³/mol. The van der Waals surface area contributed by atoms with Gasteiger partial charge in [0, 0.05) is 0 Å². The largest absolute Gasteiger partial charge is 0.107 e. The Kier molecular flexibility index (Phi) is 3.47. The Morgan fingerprint density at radius 3 is 1.40 bits per heavy atom. The highest BCUT2D eigenvalue weighted by molar-refractivity contribution is 14.0. The van der Waals surface area contributed by atoms with Crippen LogP contribution in [0.1, 0.15) is 44.9 Å². The number of hydrogen-bond donors (Lipinski definition) is 0. The van der Waals surface area contributed by atoms with Gasteiger partial charge in [-0.1, -0.05) is 44.9 Å². The quantitative estimate of drug-likeness (QED) is 0.578. The van der Waals surface area contributed by atoms with Crippen molar-refractivity contribution in [1.29, 1.82) is 0 Å². The number of rotatable bonds is 0. The summed E-state index contributed by atoms with van der Waals surface area (Å²) in [6.45, 7) is 0. The molecule has 3 fully saturated rings. The van der Waals surface area contributed by atoms with E-state index in [0.29, 0.717) is 0 Å². The lowest BCUT2D eigenvalue weighted by molar-refractivity contribution is 0.308. The van der Waals surface area contributed by atoms with Crippen LogP contribution < -0.4 is 0 Å². The van der Waals surface area contributed by atoms with Crippen LogP contribution in [0.4, 0.5) is 0 Å². The minimum atomic E-state index is 0. The van der Waals surface area contributed by atoms with Crippen molar-refractivity contribution >= 4 is 24.0 Å². The van der Waals surface area contributed by atoms with Gasteiger partial charge in [0.1, 0.15) is 0 Å². The Morgan fingerprint density at radius 1 is 0.600 bits per heavy atom. The normalized spacial score (nSPS) is 38.4. The third-order valence-corrected chi connectivity index (χ3v) is 3.19. The first-order valence-corrected chi connectivity index (χ1v) is 4.45. The molecule has 0 radical (unpaired) electrons. The lowest BCUT2D eigenvalue weighted by Gasteiger charge is -2.22. The molecule has 0 nitrogen and oxygen atoms in total. The van der Waals surface area contributed by atoms with Crippen LogP contribution in [0.2, 0.25) is 0 Å². The molecule has 0 heterocycles. The molecule has 0 aromatic carbocycles. The Balaban J connectivity index is 0.000000500. The smallest absolute Gasteiger partial charge is 0.0414 e. The Bertz CT molecular complexity index is 75.4. The summed E-state index contributed by atoms with van der Waals surface area (Å²) >= 11 is 0. The number of hydrogen-bond acceptors (Lipinski definition) is 0. The van der Waals surface area contributed by atoms with E-state index >= 15 is 0 Å². The summed E-state index contributed by atoms with van der Waals surface area (Å²) in [4.78, 5) is 0. The summed E-state index contributed by atoms with van der Waals surface area (Å²) in [7, 11) is 0. The number of fused-ring (bicyclic) bond motifs is 4. The van der Waals surface area contributed by atoms with Crippen LogP contribution in [-0.2, 0) is 0 Å². The average Bonchev–Trinajstić information content (AvgIpc) is 2.21. The lowest BCUT2D eigenvalue weighted by Crippen LogP contribution is -2.08. The highest BCUT2D eigenvalue weighted by Gasteiger charge is 2.24. The Hall–Kier alpha value is 0.730. The standard InChI is InChI=1S/C9H16.HI/c1-2-8-4-6-9(3-1)7-5-8;/h8-9H,1-7H2;1H. The molecule has 3 aliphatic carbocycles. The molecule has 0 spiro atoms. The van der Waals surface area contributed by atoms with E-state index in [0.717, 1.165) is 11.8 Å². The third kappa shape index (κ3) is 1.86. The van der Waals surface area contributed by atoms with Crippen LogP contribution >= 0.6 is 24.0 Å².